The second-order valence-corrected chi connectivity index (χ2v) is 7.28. The van der Waals surface area contributed by atoms with Gasteiger partial charge in [0.05, 0.1) is 0 Å². The van der Waals surface area contributed by atoms with Crippen LogP contribution in [-0.4, -0.2) is 14.8 Å². The van der Waals surface area contributed by atoms with Crippen LogP contribution in [0.25, 0.3) is 17.1 Å². The van der Waals surface area contributed by atoms with Crippen LogP contribution in [-0.2, 0) is 5.75 Å². The van der Waals surface area contributed by atoms with Gasteiger partial charge < -0.3 is 0 Å². The molecule has 0 bridgehead atoms. The van der Waals surface area contributed by atoms with E-state index in [1.54, 1.807) is 23.9 Å². The van der Waals surface area contributed by atoms with Gasteiger partial charge in [0.25, 0.3) is 0 Å². The first-order chi connectivity index (χ1) is 13.2. The van der Waals surface area contributed by atoms with E-state index in [0.717, 1.165) is 27.8 Å². The molecule has 0 amide bonds. The highest BCUT2D eigenvalue weighted by Gasteiger charge is 2.16. The highest BCUT2D eigenvalue weighted by atomic mass is 35.5. The highest BCUT2D eigenvalue weighted by Crippen LogP contribution is 2.30. The number of hydrogen-bond acceptors (Lipinski definition) is 3. The lowest BCUT2D eigenvalue weighted by Gasteiger charge is -2.10. The first-order valence-electron chi connectivity index (χ1n) is 8.35. The molecule has 0 fully saturated rings. The first-order valence-corrected chi connectivity index (χ1v) is 9.71. The van der Waals surface area contributed by atoms with Crippen molar-refractivity contribution in [2.24, 2.45) is 0 Å². The molecule has 0 saturated carbocycles. The van der Waals surface area contributed by atoms with Crippen LogP contribution in [0.4, 0.5) is 4.39 Å². The van der Waals surface area contributed by atoms with E-state index < -0.39 is 0 Å². The standard InChI is InChI=1S/C21H15ClFN3S/c22-17-8-12-19(13-9-17)26-20(16-4-2-1-3-5-16)24-25-21(26)27-14-15-6-10-18(23)11-7-15/h1-13H,14H2. The van der Waals surface area contributed by atoms with Gasteiger partial charge in [-0.05, 0) is 42.0 Å². The Bertz CT molecular complexity index is 1030. The molecule has 0 N–H and O–H groups in total. The summed E-state index contributed by atoms with van der Waals surface area (Å²) in [4.78, 5) is 0. The smallest absolute Gasteiger partial charge is 0.196 e. The van der Waals surface area contributed by atoms with Crippen LogP contribution in [0, 0.1) is 5.82 Å². The molecule has 27 heavy (non-hydrogen) atoms. The summed E-state index contributed by atoms with van der Waals surface area (Å²) < 4.78 is 15.1. The predicted octanol–water partition coefficient (Wildman–Crippen LogP) is 6.02. The van der Waals surface area contributed by atoms with E-state index in [4.69, 9.17) is 11.6 Å². The largest absolute Gasteiger partial charge is 0.270 e. The Morgan fingerprint density at radius 2 is 1.56 bits per heavy atom. The summed E-state index contributed by atoms with van der Waals surface area (Å²) in [5.74, 6) is 1.19. The van der Waals surface area contributed by atoms with Gasteiger partial charge in [-0.2, -0.15) is 0 Å². The third kappa shape index (κ3) is 4.04. The Kier molecular flexibility index (Phi) is 5.23. The third-order valence-electron chi connectivity index (χ3n) is 4.03. The Hall–Kier alpha value is -2.63. The maximum Gasteiger partial charge on any atom is 0.196 e. The Morgan fingerprint density at radius 3 is 2.26 bits per heavy atom. The van der Waals surface area contributed by atoms with Gasteiger partial charge in [-0.1, -0.05) is 65.8 Å². The second kappa shape index (κ2) is 7.94. The van der Waals surface area contributed by atoms with Crippen molar-refractivity contribution in [2.75, 3.05) is 0 Å². The fraction of sp³-hybridized carbons (Fsp3) is 0.0476. The molecule has 0 spiro atoms. The van der Waals surface area contributed by atoms with Gasteiger partial charge >= 0.3 is 0 Å². The molecule has 134 valence electrons. The van der Waals surface area contributed by atoms with Gasteiger partial charge in [0, 0.05) is 22.0 Å². The van der Waals surface area contributed by atoms with Crippen LogP contribution in [0.3, 0.4) is 0 Å². The van der Waals surface area contributed by atoms with Gasteiger partial charge in [0.2, 0.25) is 0 Å². The van der Waals surface area contributed by atoms with Crippen LogP contribution in [0.1, 0.15) is 5.56 Å². The van der Waals surface area contributed by atoms with Crippen LogP contribution in [0.5, 0.6) is 0 Å². The van der Waals surface area contributed by atoms with Gasteiger partial charge in [0.15, 0.2) is 11.0 Å². The Balaban J connectivity index is 1.71. The van der Waals surface area contributed by atoms with E-state index in [2.05, 4.69) is 10.2 Å². The molecular formula is C21H15ClFN3S. The topological polar surface area (TPSA) is 30.7 Å². The van der Waals surface area contributed by atoms with Crippen molar-refractivity contribution in [3.63, 3.8) is 0 Å². The molecule has 4 rings (SSSR count). The minimum absolute atomic E-state index is 0.237. The summed E-state index contributed by atoms with van der Waals surface area (Å²) in [7, 11) is 0. The van der Waals surface area contributed by atoms with Crippen LogP contribution in [0.2, 0.25) is 5.02 Å². The van der Waals surface area contributed by atoms with Crippen LogP contribution < -0.4 is 0 Å². The molecule has 1 aromatic heterocycles. The average Bonchev–Trinajstić information content (AvgIpc) is 3.13. The van der Waals surface area contributed by atoms with Crippen molar-refractivity contribution in [2.45, 2.75) is 10.9 Å². The number of hydrogen-bond donors (Lipinski definition) is 0. The summed E-state index contributed by atoms with van der Waals surface area (Å²) in [5, 5.41) is 10.2. The Labute approximate surface area is 165 Å². The average molecular weight is 396 g/mol. The quantitative estimate of drug-likeness (QED) is 0.387. The van der Waals surface area contributed by atoms with Crippen molar-refractivity contribution in [1.29, 1.82) is 0 Å². The number of thioether (sulfide) groups is 1. The summed E-state index contributed by atoms with van der Waals surface area (Å²) >= 11 is 7.60. The van der Waals surface area contributed by atoms with Crippen molar-refractivity contribution >= 4 is 23.4 Å². The third-order valence-corrected chi connectivity index (χ3v) is 5.28. The van der Waals surface area contributed by atoms with Gasteiger partial charge in [-0.25, -0.2) is 4.39 Å². The fourth-order valence-corrected chi connectivity index (χ4v) is 3.72. The molecule has 4 aromatic rings. The van der Waals surface area contributed by atoms with Crippen molar-refractivity contribution in [3.05, 3.63) is 95.3 Å². The van der Waals surface area contributed by atoms with Crippen LogP contribution >= 0.6 is 23.4 Å². The second-order valence-electron chi connectivity index (χ2n) is 5.90. The molecule has 0 saturated heterocycles. The lowest BCUT2D eigenvalue weighted by atomic mass is 10.2. The van der Waals surface area contributed by atoms with Crippen LogP contribution in [0.15, 0.2) is 84.0 Å². The number of nitrogens with zero attached hydrogens (tertiary/aromatic N) is 3. The van der Waals surface area contributed by atoms with E-state index in [0.29, 0.717) is 10.8 Å². The molecule has 1 heterocycles. The van der Waals surface area contributed by atoms with Crippen molar-refractivity contribution in [1.82, 2.24) is 14.8 Å². The maximum absolute atomic E-state index is 13.1. The summed E-state index contributed by atoms with van der Waals surface area (Å²) in [5.41, 5.74) is 2.94. The molecule has 0 aliphatic rings. The minimum atomic E-state index is -0.237. The number of benzene rings is 3. The zero-order chi connectivity index (χ0) is 18.6. The Morgan fingerprint density at radius 1 is 0.852 bits per heavy atom. The molecule has 3 nitrogen and oxygen atoms in total. The molecule has 0 radical (unpaired) electrons. The summed E-state index contributed by atoms with van der Waals surface area (Å²) in [6.07, 6.45) is 0. The molecule has 0 unspecified atom stereocenters. The van der Waals surface area contributed by atoms with Gasteiger partial charge in [0.1, 0.15) is 5.82 Å². The number of rotatable bonds is 5. The number of aromatic nitrogens is 3. The highest BCUT2D eigenvalue weighted by molar-refractivity contribution is 7.98. The molecule has 0 aliphatic heterocycles. The molecule has 3 aromatic carbocycles. The molecule has 6 heteroatoms. The van der Waals surface area contributed by atoms with E-state index in [1.807, 2.05) is 59.2 Å². The maximum atomic E-state index is 13.1. The van der Waals surface area contributed by atoms with Gasteiger partial charge in [-0.15, -0.1) is 10.2 Å². The van der Waals surface area contributed by atoms with E-state index in [-0.39, 0.29) is 5.82 Å². The predicted molar refractivity (Wildman–Crippen MR) is 108 cm³/mol. The minimum Gasteiger partial charge on any atom is -0.270 e. The summed E-state index contributed by atoms with van der Waals surface area (Å²) in [6.45, 7) is 0. The lowest BCUT2D eigenvalue weighted by Crippen LogP contribution is -1.99. The zero-order valence-corrected chi connectivity index (χ0v) is 15.8. The first kappa shape index (κ1) is 17.8. The number of halogens is 2. The molecule has 0 aliphatic carbocycles. The monoisotopic (exact) mass is 395 g/mol. The van der Waals surface area contributed by atoms with E-state index in [1.165, 1.54) is 12.1 Å². The molecular weight excluding hydrogens is 381 g/mol. The summed E-state index contributed by atoms with van der Waals surface area (Å²) in [6, 6.07) is 24.0. The van der Waals surface area contributed by atoms with E-state index >= 15 is 0 Å². The lowest BCUT2D eigenvalue weighted by molar-refractivity contribution is 0.627. The normalized spacial score (nSPS) is 10.9. The van der Waals surface area contributed by atoms with Gasteiger partial charge in [-0.3, -0.25) is 4.57 Å². The SMILES string of the molecule is Fc1ccc(CSc2nnc(-c3ccccc3)n2-c2ccc(Cl)cc2)cc1. The van der Waals surface area contributed by atoms with Crippen molar-refractivity contribution < 1.29 is 4.39 Å². The van der Waals surface area contributed by atoms with E-state index in [9.17, 15) is 4.39 Å². The zero-order valence-electron chi connectivity index (χ0n) is 14.2. The fourth-order valence-electron chi connectivity index (χ4n) is 2.69. The molecule has 0 atom stereocenters. The van der Waals surface area contributed by atoms with Crippen molar-refractivity contribution in [3.8, 4) is 17.1 Å².